The van der Waals surface area contributed by atoms with Gasteiger partial charge in [-0.25, -0.2) is 0 Å². The first kappa shape index (κ1) is 14.1. The van der Waals surface area contributed by atoms with E-state index >= 15 is 0 Å². The van der Waals surface area contributed by atoms with E-state index < -0.39 is 0 Å². The highest BCUT2D eigenvalue weighted by Gasteiger charge is 2.17. The maximum atomic E-state index is 5.45. The summed E-state index contributed by atoms with van der Waals surface area (Å²) in [5, 5.41) is 3.46. The second kappa shape index (κ2) is 6.70. The van der Waals surface area contributed by atoms with Crippen LogP contribution in [0.25, 0.3) is 0 Å². The van der Waals surface area contributed by atoms with Crippen LogP contribution in [0.2, 0.25) is 0 Å². The average Bonchev–Trinajstić information content (AvgIpc) is 2.48. The molecule has 20 heavy (non-hydrogen) atoms. The fourth-order valence-corrected chi connectivity index (χ4v) is 3.48. The van der Waals surface area contributed by atoms with Crippen molar-refractivity contribution in [3.63, 3.8) is 0 Å². The predicted octanol–water partition coefficient (Wildman–Crippen LogP) is 2.19. The first-order chi connectivity index (χ1) is 9.83. The minimum atomic E-state index is 0.815. The van der Waals surface area contributed by atoms with Crippen molar-refractivity contribution < 1.29 is 4.74 Å². The number of benzene rings is 1. The highest BCUT2D eigenvalue weighted by atomic mass is 16.5. The Morgan fingerprint density at radius 2 is 2.15 bits per heavy atom. The van der Waals surface area contributed by atoms with Crippen molar-refractivity contribution in [2.75, 3.05) is 33.4 Å². The zero-order valence-corrected chi connectivity index (χ0v) is 12.5. The lowest BCUT2D eigenvalue weighted by atomic mass is 9.94. The fraction of sp³-hybridized carbons (Fsp3) is 0.647. The molecule has 2 aliphatic rings. The highest BCUT2D eigenvalue weighted by Crippen LogP contribution is 2.21. The van der Waals surface area contributed by atoms with Crippen LogP contribution in [0, 0.1) is 5.92 Å². The Balaban J connectivity index is 1.62. The van der Waals surface area contributed by atoms with Gasteiger partial charge in [-0.3, -0.25) is 0 Å². The van der Waals surface area contributed by atoms with Gasteiger partial charge in [0.15, 0.2) is 0 Å². The zero-order valence-electron chi connectivity index (χ0n) is 12.5. The topological polar surface area (TPSA) is 24.5 Å². The average molecular weight is 274 g/mol. The van der Waals surface area contributed by atoms with Gasteiger partial charge >= 0.3 is 0 Å². The van der Waals surface area contributed by atoms with Crippen LogP contribution in [-0.2, 0) is 24.2 Å². The lowest BCUT2D eigenvalue weighted by molar-refractivity contribution is 0.0549. The van der Waals surface area contributed by atoms with E-state index in [9.17, 15) is 0 Å². The van der Waals surface area contributed by atoms with Crippen molar-refractivity contribution >= 4 is 0 Å². The molecule has 1 fully saturated rings. The predicted molar refractivity (Wildman–Crippen MR) is 81.7 cm³/mol. The van der Waals surface area contributed by atoms with Crippen LogP contribution >= 0.6 is 0 Å². The Bertz CT molecular complexity index is 441. The van der Waals surface area contributed by atoms with Crippen molar-refractivity contribution in [3.8, 4) is 0 Å². The molecule has 0 amide bonds. The minimum Gasteiger partial charge on any atom is -0.381 e. The van der Waals surface area contributed by atoms with Gasteiger partial charge in [0.05, 0.1) is 0 Å². The molecule has 110 valence electrons. The Morgan fingerprint density at radius 3 is 3.00 bits per heavy atom. The molecule has 0 saturated carbocycles. The van der Waals surface area contributed by atoms with Gasteiger partial charge in [-0.15, -0.1) is 0 Å². The summed E-state index contributed by atoms with van der Waals surface area (Å²) in [7, 11) is 2.26. The lowest BCUT2D eigenvalue weighted by Gasteiger charge is -2.28. The van der Waals surface area contributed by atoms with Gasteiger partial charge in [0, 0.05) is 32.8 Å². The molecule has 0 spiro atoms. The van der Waals surface area contributed by atoms with Crippen molar-refractivity contribution in [1.82, 2.24) is 10.2 Å². The summed E-state index contributed by atoms with van der Waals surface area (Å²) in [6.07, 6.45) is 3.62. The number of nitrogens with one attached hydrogen (secondary N) is 1. The van der Waals surface area contributed by atoms with E-state index in [0.717, 1.165) is 38.8 Å². The van der Waals surface area contributed by atoms with Crippen molar-refractivity contribution in [3.05, 3.63) is 34.9 Å². The lowest BCUT2D eigenvalue weighted by Crippen LogP contribution is -2.30. The van der Waals surface area contributed by atoms with Gasteiger partial charge in [0.2, 0.25) is 0 Å². The van der Waals surface area contributed by atoms with Crippen LogP contribution in [0.15, 0.2) is 18.2 Å². The maximum absolute atomic E-state index is 5.45. The molecule has 1 aromatic rings. The Hall–Kier alpha value is -0.900. The summed E-state index contributed by atoms with van der Waals surface area (Å²) >= 11 is 0. The standard InChI is InChI=1S/C17H26N2O/c1-19(12-14-6-9-20-10-7-14)13-16-4-2-3-15-11-18-8-5-17(15)16/h2-4,14,18H,5-13H2,1H3. The SMILES string of the molecule is CN(Cc1cccc2c1CCNC2)CC1CCOCC1. The minimum absolute atomic E-state index is 0.815. The number of ether oxygens (including phenoxy) is 1. The van der Waals surface area contributed by atoms with Crippen LogP contribution in [0.5, 0.6) is 0 Å². The molecule has 0 aromatic heterocycles. The maximum Gasteiger partial charge on any atom is 0.0469 e. The van der Waals surface area contributed by atoms with Gasteiger partial charge < -0.3 is 15.0 Å². The molecule has 3 nitrogen and oxygen atoms in total. The second-order valence-corrected chi connectivity index (χ2v) is 6.23. The molecule has 1 N–H and O–H groups in total. The number of nitrogens with zero attached hydrogens (tertiary/aromatic N) is 1. The molecular weight excluding hydrogens is 248 g/mol. The van der Waals surface area contributed by atoms with Gasteiger partial charge in [0.1, 0.15) is 0 Å². The Labute approximate surface area is 122 Å². The van der Waals surface area contributed by atoms with Crippen molar-refractivity contribution in [2.24, 2.45) is 5.92 Å². The van der Waals surface area contributed by atoms with E-state index in [-0.39, 0.29) is 0 Å². The van der Waals surface area contributed by atoms with Gasteiger partial charge in [0.25, 0.3) is 0 Å². The van der Waals surface area contributed by atoms with Crippen LogP contribution in [-0.4, -0.2) is 38.3 Å². The van der Waals surface area contributed by atoms with Crippen LogP contribution in [0.1, 0.15) is 29.5 Å². The van der Waals surface area contributed by atoms with E-state index in [2.05, 4.69) is 35.5 Å². The Kier molecular flexibility index (Phi) is 4.71. The molecular formula is C17H26N2O. The molecule has 0 unspecified atom stereocenters. The second-order valence-electron chi connectivity index (χ2n) is 6.23. The molecule has 3 heteroatoms. The van der Waals surface area contributed by atoms with E-state index in [0.29, 0.717) is 0 Å². The monoisotopic (exact) mass is 274 g/mol. The summed E-state index contributed by atoms with van der Waals surface area (Å²) in [5.74, 6) is 0.815. The number of hydrogen-bond acceptors (Lipinski definition) is 3. The van der Waals surface area contributed by atoms with Gasteiger partial charge in [-0.05, 0) is 55.5 Å². The van der Waals surface area contributed by atoms with Crippen LogP contribution in [0.4, 0.5) is 0 Å². The molecule has 1 saturated heterocycles. The van der Waals surface area contributed by atoms with E-state index in [1.807, 2.05) is 0 Å². The molecule has 1 aromatic carbocycles. The highest BCUT2D eigenvalue weighted by molar-refractivity contribution is 5.36. The molecule has 0 atom stereocenters. The van der Waals surface area contributed by atoms with E-state index in [1.165, 1.54) is 36.9 Å². The molecule has 2 aliphatic heterocycles. The smallest absolute Gasteiger partial charge is 0.0469 e. The van der Waals surface area contributed by atoms with Crippen LogP contribution in [0.3, 0.4) is 0 Å². The Morgan fingerprint density at radius 1 is 1.30 bits per heavy atom. The quantitative estimate of drug-likeness (QED) is 0.911. The van der Waals surface area contributed by atoms with Gasteiger partial charge in [-0.1, -0.05) is 18.2 Å². The first-order valence-corrected chi connectivity index (χ1v) is 7.89. The third-order valence-corrected chi connectivity index (χ3v) is 4.59. The molecule has 3 rings (SSSR count). The normalized spacial score (nSPS) is 20.1. The molecule has 0 bridgehead atoms. The summed E-state index contributed by atoms with van der Waals surface area (Å²) in [6, 6.07) is 6.79. The van der Waals surface area contributed by atoms with Gasteiger partial charge in [-0.2, -0.15) is 0 Å². The summed E-state index contributed by atoms with van der Waals surface area (Å²) in [5.41, 5.74) is 4.61. The number of fused-ring (bicyclic) bond motifs is 1. The summed E-state index contributed by atoms with van der Waals surface area (Å²) < 4.78 is 5.45. The number of rotatable bonds is 4. The largest absolute Gasteiger partial charge is 0.381 e. The van der Waals surface area contributed by atoms with Crippen molar-refractivity contribution in [2.45, 2.75) is 32.4 Å². The molecule has 0 radical (unpaired) electrons. The van der Waals surface area contributed by atoms with E-state index in [1.54, 1.807) is 5.56 Å². The zero-order chi connectivity index (χ0) is 13.8. The first-order valence-electron chi connectivity index (χ1n) is 7.89. The summed E-state index contributed by atoms with van der Waals surface area (Å²) in [6.45, 7) is 6.34. The third kappa shape index (κ3) is 3.40. The van der Waals surface area contributed by atoms with E-state index in [4.69, 9.17) is 4.74 Å². The third-order valence-electron chi connectivity index (χ3n) is 4.59. The fourth-order valence-electron chi connectivity index (χ4n) is 3.48. The van der Waals surface area contributed by atoms with Crippen molar-refractivity contribution in [1.29, 1.82) is 0 Å². The summed E-state index contributed by atoms with van der Waals surface area (Å²) in [4.78, 5) is 2.49. The molecule has 0 aliphatic carbocycles. The van der Waals surface area contributed by atoms with Crippen LogP contribution < -0.4 is 5.32 Å². The molecule has 2 heterocycles. The number of hydrogen-bond donors (Lipinski definition) is 1.